The number of anilines is 1. The summed E-state index contributed by atoms with van der Waals surface area (Å²) < 4.78 is 10.7. The fourth-order valence-electron chi connectivity index (χ4n) is 2.40. The first-order chi connectivity index (χ1) is 13.6. The summed E-state index contributed by atoms with van der Waals surface area (Å²) in [5, 5.41) is 3.31. The third-order valence-electron chi connectivity index (χ3n) is 3.94. The predicted molar refractivity (Wildman–Crippen MR) is 114 cm³/mol. The molecular formula is C22H27NO4S. The monoisotopic (exact) mass is 401 g/mol. The molecule has 1 aromatic heterocycles. The maximum atomic E-state index is 12.3. The van der Waals surface area contributed by atoms with Crippen LogP contribution in [0.3, 0.4) is 0 Å². The van der Waals surface area contributed by atoms with Crippen LogP contribution in [-0.4, -0.2) is 25.1 Å². The fourth-order valence-corrected chi connectivity index (χ4v) is 3.39. The van der Waals surface area contributed by atoms with E-state index in [0.29, 0.717) is 23.8 Å². The maximum Gasteiger partial charge on any atom is 0.341 e. The van der Waals surface area contributed by atoms with Crippen molar-refractivity contribution in [3.05, 3.63) is 52.4 Å². The number of aryl methyl sites for hydroxylation is 1. The van der Waals surface area contributed by atoms with Crippen LogP contribution in [0.4, 0.5) is 5.00 Å². The summed E-state index contributed by atoms with van der Waals surface area (Å²) in [6.07, 6.45) is 6.09. The Morgan fingerprint density at radius 2 is 1.89 bits per heavy atom. The molecule has 2 rings (SSSR count). The molecule has 150 valence electrons. The molecule has 0 saturated carbocycles. The van der Waals surface area contributed by atoms with Gasteiger partial charge in [0.1, 0.15) is 10.8 Å². The third-order valence-corrected chi connectivity index (χ3v) is 5.13. The van der Waals surface area contributed by atoms with E-state index >= 15 is 0 Å². The quantitative estimate of drug-likeness (QED) is 0.332. The average molecular weight is 402 g/mol. The molecule has 0 unspecified atom stereocenters. The Labute approximate surface area is 170 Å². The lowest BCUT2D eigenvalue weighted by atomic mass is 10.2. The average Bonchev–Trinajstić information content (AvgIpc) is 3.11. The summed E-state index contributed by atoms with van der Waals surface area (Å²) in [5.74, 6) is 0.106. The van der Waals surface area contributed by atoms with E-state index < -0.39 is 5.97 Å². The lowest BCUT2D eigenvalue weighted by molar-refractivity contribution is -0.111. The van der Waals surface area contributed by atoms with Gasteiger partial charge in [0.15, 0.2) is 0 Å². The smallest absolute Gasteiger partial charge is 0.341 e. The summed E-state index contributed by atoms with van der Waals surface area (Å²) >= 11 is 1.39. The molecule has 0 bridgehead atoms. The van der Waals surface area contributed by atoms with Crippen LogP contribution < -0.4 is 10.1 Å². The van der Waals surface area contributed by atoms with Crippen molar-refractivity contribution in [2.45, 2.75) is 40.0 Å². The Kier molecular flexibility index (Phi) is 8.75. The first kappa shape index (κ1) is 21.7. The molecule has 6 heteroatoms. The Hall–Kier alpha value is -2.60. The minimum atomic E-state index is -0.420. The molecule has 1 aromatic carbocycles. The van der Waals surface area contributed by atoms with Crippen molar-refractivity contribution in [2.75, 3.05) is 18.5 Å². The highest BCUT2D eigenvalue weighted by atomic mass is 32.1. The lowest BCUT2D eigenvalue weighted by Gasteiger charge is -2.05. The highest BCUT2D eigenvalue weighted by Gasteiger charge is 2.17. The molecule has 0 fully saturated rings. The molecule has 0 aliphatic carbocycles. The molecule has 5 nitrogen and oxygen atoms in total. The zero-order valence-electron chi connectivity index (χ0n) is 16.6. The SMILES string of the molecule is CCCCOc1ccc(/C=C/C(=O)Nc2sc(CC)cc2C(=O)OCC)cc1. The van der Waals surface area contributed by atoms with Crippen molar-refractivity contribution in [2.24, 2.45) is 0 Å². The number of amides is 1. The molecule has 1 heterocycles. The van der Waals surface area contributed by atoms with Gasteiger partial charge in [-0.25, -0.2) is 4.79 Å². The van der Waals surface area contributed by atoms with Crippen LogP contribution in [-0.2, 0) is 16.0 Å². The number of unbranched alkanes of at least 4 members (excludes halogenated alkanes) is 1. The van der Waals surface area contributed by atoms with Gasteiger partial charge in [-0.3, -0.25) is 4.79 Å². The first-order valence-corrected chi connectivity index (χ1v) is 10.4. The molecule has 1 N–H and O–H groups in total. The predicted octanol–water partition coefficient (Wildman–Crippen LogP) is 5.32. The van der Waals surface area contributed by atoms with Crippen LogP contribution in [0, 0.1) is 0 Å². The van der Waals surface area contributed by atoms with Crippen LogP contribution >= 0.6 is 11.3 Å². The van der Waals surface area contributed by atoms with Crippen molar-refractivity contribution in [3.8, 4) is 5.75 Å². The highest BCUT2D eigenvalue weighted by molar-refractivity contribution is 7.16. The number of hydrogen-bond acceptors (Lipinski definition) is 5. The Bertz CT molecular complexity index is 808. The number of thiophene rings is 1. The van der Waals surface area contributed by atoms with Crippen LogP contribution in [0.25, 0.3) is 6.08 Å². The van der Waals surface area contributed by atoms with Crippen molar-refractivity contribution in [1.82, 2.24) is 0 Å². The van der Waals surface area contributed by atoms with Crippen molar-refractivity contribution < 1.29 is 19.1 Å². The van der Waals surface area contributed by atoms with Crippen LogP contribution in [0.15, 0.2) is 36.4 Å². The van der Waals surface area contributed by atoms with Gasteiger partial charge in [-0.15, -0.1) is 11.3 Å². The van der Waals surface area contributed by atoms with E-state index in [1.165, 1.54) is 17.4 Å². The molecule has 0 aliphatic heterocycles. The topological polar surface area (TPSA) is 64.6 Å². The van der Waals surface area contributed by atoms with Gasteiger partial charge in [0.05, 0.1) is 18.8 Å². The largest absolute Gasteiger partial charge is 0.494 e. The molecule has 0 atom stereocenters. The number of benzene rings is 1. The number of carbonyl (C=O) groups is 2. The van der Waals surface area contributed by atoms with Crippen molar-refractivity contribution >= 4 is 34.3 Å². The van der Waals surface area contributed by atoms with Crippen molar-refractivity contribution in [3.63, 3.8) is 0 Å². The van der Waals surface area contributed by atoms with Gasteiger partial charge in [-0.2, -0.15) is 0 Å². The van der Waals surface area contributed by atoms with E-state index in [2.05, 4.69) is 12.2 Å². The van der Waals surface area contributed by atoms with Gasteiger partial charge in [0.25, 0.3) is 0 Å². The maximum absolute atomic E-state index is 12.3. The van der Waals surface area contributed by atoms with Gasteiger partial charge in [-0.05, 0) is 49.6 Å². The minimum absolute atomic E-state index is 0.293. The Morgan fingerprint density at radius 3 is 2.54 bits per heavy atom. The molecule has 1 amide bonds. The number of hydrogen-bond donors (Lipinski definition) is 1. The molecule has 0 spiro atoms. The summed E-state index contributed by atoms with van der Waals surface area (Å²) in [6.45, 7) is 6.88. The number of esters is 1. The number of ether oxygens (including phenoxy) is 2. The van der Waals surface area contributed by atoms with E-state index in [4.69, 9.17) is 9.47 Å². The molecule has 0 radical (unpaired) electrons. The molecule has 0 saturated heterocycles. The van der Waals surface area contributed by atoms with Crippen LogP contribution in [0.1, 0.15) is 54.4 Å². The fraction of sp³-hybridized carbons (Fsp3) is 0.364. The molecular weight excluding hydrogens is 374 g/mol. The van der Waals surface area contributed by atoms with E-state index in [1.807, 2.05) is 31.2 Å². The summed E-state index contributed by atoms with van der Waals surface area (Å²) in [7, 11) is 0. The van der Waals surface area contributed by atoms with Gasteiger partial charge >= 0.3 is 5.97 Å². The highest BCUT2D eigenvalue weighted by Crippen LogP contribution is 2.29. The third kappa shape index (κ3) is 6.53. The van der Waals surface area contributed by atoms with Gasteiger partial charge in [0.2, 0.25) is 5.91 Å². The molecule has 28 heavy (non-hydrogen) atoms. The number of nitrogens with one attached hydrogen (secondary N) is 1. The second kappa shape index (κ2) is 11.3. The van der Waals surface area contributed by atoms with E-state index in [1.54, 1.807) is 19.1 Å². The van der Waals surface area contributed by atoms with Crippen LogP contribution in [0.2, 0.25) is 0 Å². The normalized spacial score (nSPS) is 10.8. The van der Waals surface area contributed by atoms with Gasteiger partial charge in [0, 0.05) is 11.0 Å². The summed E-state index contributed by atoms with van der Waals surface area (Å²) in [4.78, 5) is 25.4. The van der Waals surface area contributed by atoms with E-state index in [0.717, 1.165) is 35.5 Å². The second-order valence-electron chi connectivity index (χ2n) is 6.12. The summed E-state index contributed by atoms with van der Waals surface area (Å²) in [6, 6.07) is 9.35. The minimum Gasteiger partial charge on any atom is -0.494 e. The van der Waals surface area contributed by atoms with Crippen molar-refractivity contribution in [1.29, 1.82) is 0 Å². The van der Waals surface area contributed by atoms with Gasteiger partial charge < -0.3 is 14.8 Å². The van der Waals surface area contributed by atoms with Crippen LogP contribution in [0.5, 0.6) is 5.75 Å². The molecule has 0 aliphatic rings. The van der Waals surface area contributed by atoms with E-state index in [9.17, 15) is 9.59 Å². The number of rotatable bonds is 10. The van der Waals surface area contributed by atoms with Gasteiger partial charge in [-0.1, -0.05) is 32.4 Å². The lowest BCUT2D eigenvalue weighted by Crippen LogP contribution is -2.11. The van der Waals surface area contributed by atoms with E-state index in [-0.39, 0.29) is 5.91 Å². The molecule has 2 aromatic rings. The Morgan fingerprint density at radius 1 is 1.14 bits per heavy atom. The standard InChI is InChI=1S/C22H27NO4S/c1-4-7-14-27-17-11-8-16(9-12-17)10-13-20(24)23-21-19(22(25)26-6-3)15-18(5-2)28-21/h8-13,15H,4-7,14H2,1-3H3,(H,23,24)/b13-10+. The zero-order chi connectivity index (χ0) is 20.4. The Balaban J connectivity index is 1.99. The zero-order valence-corrected chi connectivity index (χ0v) is 17.4. The number of carbonyl (C=O) groups excluding carboxylic acids is 2. The first-order valence-electron chi connectivity index (χ1n) is 9.59. The summed E-state index contributed by atoms with van der Waals surface area (Å²) in [5.41, 5.74) is 1.29. The second-order valence-corrected chi connectivity index (χ2v) is 7.26.